The fourth-order valence-electron chi connectivity index (χ4n) is 3.69. The Kier molecular flexibility index (Phi) is 9.45. The van der Waals surface area contributed by atoms with Crippen molar-refractivity contribution in [1.82, 2.24) is 10.6 Å². The summed E-state index contributed by atoms with van der Waals surface area (Å²) in [5.74, 6) is 1.48. The zero-order valence-electron chi connectivity index (χ0n) is 15.7. The van der Waals surface area contributed by atoms with Crippen LogP contribution < -0.4 is 10.6 Å². The van der Waals surface area contributed by atoms with Crippen LogP contribution in [0, 0.1) is 5.92 Å². The van der Waals surface area contributed by atoms with Crippen LogP contribution in [-0.4, -0.2) is 57.7 Å². The Balaban J connectivity index is 0.00000312. The van der Waals surface area contributed by atoms with Crippen molar-refractivity contribution in [1.29, 1.82) is 0 Å². The van der Waals surface area contributed by atoms with Gasteiger partial charge in [0.15, 0.2) is 15.8 Å². The minimum Gasteiger partial charge on any atom is -0.381 e. The molecular weight excluding hydrogens is 453 g/mol. The molecule has 0 bridgehead atoms. The largest absolute Gasteiger partial charge is 0.381 e. The van der Waals surface area contributed by atoms with Crippen LogP contribution in [0.1, 0.15) is 52.4 Å². The summed E-state index contributed by atoms with van der Waals surface area (Å²) in [4.78, 5) is 4.65. The summed E-state index contributed by atoms with van der Waals surface area (Å²) in [7, 11) is -3.18. The molecule has 0 aromatic carbocycles. The molecule has 0 aromatic rings. The van der Waals surface area contributed by atoms with E-state index in [1.807, 2.05) is 6.92 Å². The molecule has 0 radical (unpaired) electrons. The van der Waals surface area contributed by atoms with Crippen LogP contribution in [-0.2, 0) is 14.6 Å². The fraction of sp³-hybridized carbons (Fsp3) is 0.941. The predicted octanol–water partition coefficient (Wildman–Crippen LogP) is 2.33. The Morgan fingerprint density at radius 1 is 1.28 bits per heavy atom. The van der Waals surface area contributed by atoms with E-state index in [2.05, 4.69) is 22.5 Å². The summed E-state index contributed by atoms with van der Waals surface area (Å²) in [5.41, 5.74) is 0. The topological polar surface area (TPSA) is 79.8 Å². The summed E-state index contributed by atoms with van der Waals surface area (Å²) < 4.78 is 29.3. The van der Waals surface area contributed by atoms with Gasteiger partial charge in [-0.15, -0.1) is 24.0 Å². The van der Waals surface area contributed by atoms with Crippen molar-refractivity contribution in [2.24, 2.45) is 10.9 Å². The van der Waals surface area contributed by atoms with Crippen molar-refractivity contribution in [2.75, 3.05) is 32.6 Å². The van der Waals surface area contributed by atoms with Gasteiger partial charge in [-0.2, -0.15) is 0 Å². The standard InChI is InChI=1S/C17H33N3O3S.HI/c1-4-18-16(20-15-7-5-6-14(2)12-15)19-13-17(24(3,21)22)8-10-23-11-9-17;/h14-15H,4-13H2,1-3H3,(H2,18,19,20);1H. The molecule has 0 amide bonds. The molecule has 1 saturated carbocycles. The maximum atomic E-state index is 12.3. The SMILES string of the molecule is CCNC(=NCC1(S(C)(=O)=O)CCOCC1)NC1CCCC(C)C1.I. The first kappa shape index (κ1) is 23.0. The fourth-order valence-corrected chi connectivity index (χ4v) is 4.90. The molecule has 0 spiro atoms. The molecule has 6 nitrogen and oxygen atoms in total. The Labute approximate surface area is 169 Å². The van der Waals surface area contributed by atoms with E-state index >= 15 is 0 Å². The van der Waals surface area contributed by atoms with Gasteiger partial charge in [-0.3, -0.25) is 4.99 Å². The molecule has 8 heteroatoms. The number of nitrogens with zero attached hydrogens (tertiary/aromatic N) is 1. The third-order valence-corrected chi connectivity index (χ3v) is 7.45. The third-order valence-electron chi connectivity index (χ3n) is 5.34. The molecule has 25 heavy (non-hydrogen) atoms. The number of hydrogen-bond donors (Lipinski definition) is 2. The summed E-state index contributed by atoms with van der Waals surface area (Å²) in [6.07, 6.45) is 7.21. The Bertz CT molecular complexity index is 533. The lowest BCUT2D eigenvalue weighted by molar-refractivity contribution is 0.0768. The first-order chi connectivity index (χ1) is 11.4. The van der Waals surface area contributed by atoms with E-state index < -0.39 is 14.6 Å². The number of aliphatic imine (C=N–C) groups is 1. The normalized spacial score (nSPS) is 27.2. The van der Waals surface area contributed by atoms with Gasteiger partial charge in [-0.25, -0.2) is 8.42 Å². The number of halogens is 1. The van der Waals surface area contributed by atoms with Gasteiger partial charge in [-0.05, 0) is 38.5 Å². The van der Waals surface area contributed by atoms with E-state index in [0.717, 1.165) is 31.3 Å². The molecule has 2 unspecified atom stereocenters. The number of hydrogen-bond acceptors (Lipinski definition) is 4. The van der Waals surface area contributed by atoms with E-state index in [9.17, 15) is 8.42 Å². The highest BCUT2D eigenvalue weighted by molar-refractivity contribution is 14.0. The molecule has 1 aliphatic carbocycles. The summed E-state index contributed by atoms with van der Waals surface area (Å²) in [6, 6.07) is 0.426. The smallest absolute Gasteiger partial charge is 0.191 e. The minimum atomic E-state index is -3.18. The molecule has 2 atom stereocenters. The molecule has 1 heterocycles. The quantitative estimate of drug-likeness (QED) is 0.354. The Hall–Kier alpha value is -0.0900. The minimum absolute atomic E-state index is 0. The monoisotopic (exact) mass is 487 g/mol. The van der Waals surface area contributed by atoms with Crippen LogP contribution in [0.3, 0.4) is 0 Å². The number of rotatable bonds is 5. The lowest BCUT2D eigenvalue weighted by Crippen LogP contribution is -2.49. The maximum Gasteiger partial charge on any atom is 0.191 e. The molecule has 0 aromatic heterocycles. The lowest BCUT2D eigenvalue weighted by atomic mass is 9.87. The Morgan fingerprint density at radius 3 is 2.52 bits per heavy atom. The van der Waals surface area contributed by atoms with Crippen molar-refractivity contribution in [3.05, 3.63) is 0 Å². The van der Waals surface area contributed by atoms with Gasteiger partial charge >= 0.3 is 0 Å². The van der Waals surface area contributed by atoms with Crippen LogP contribution >= 0.6 is 24.0 Å². The summed E-state index contributed by atoms with van der Waals surface area (Å²) >= 11 is 0. The van der Waals surface area contributed by atoms with Gasteiger partial charge < -0.3 is 15.4 Å². The second-order valence-corrected chi connectivity index (χ2v) is 9.79. The number of guanidine groups is 1. The lowest BCUT2D eigenvalue weighted by Gasteiger charge is -2.34. The Morgan fingerprint density at radius 2 is 1.96 bits per heavy atom. The molecule has 148 valence electrons. The van der Waals surface area contributed by atoms with E-state index in [-0.39, 0.29) is 24.0 Å². The van der Waals surface area contributed by atoms with E-state index in [1.54, 1.807) is 0 Å². The molecule has 2 N–H and O–H groups in total. The van der Waals surface area contributed by atoms with Crippen molar-refractivity contribution >= 4 is 39.8 Å². The van der Waals surface area contributed by atoms with Crippen LogP contribution in [0.25, 0.3) is 0 Å². The van der Waals surface area contributed by atoms with Gasteiger partial charge in [0.1, 0.15) is 0 Å². The second-order valence-electron chi connectivity index (χ2n) is 7.38. The summed E-state index contributed by atoms with van der Waals surface area (Å²) in [5, 5.41) is 6.77. The van der Waals surface area contributed by atoms with Crippen LogP contribution in [0.15, 0.2) is 4.99 Å². The zero-order valence-corrected chi connectivity index (χ0v) is 18.9. The van der Waals surface area contributed by atoms with Crippen molar-refractivity contribution in [3.8, 4) is 0 Å². The first-order valence-corrected chi connectivity index (χ1v) is 11.1. The number of nitrogens with one attached hydrogen (secondary N) is 2. The first-order valence-electron chi connectivity index (χ1n) is 9.18. The summed E-state index contributed by atoms with van der Waals surface area (Å²) in [6.45, 7) is 6.37. The van der Waals surface area contributed by atoms with Crippen molar-refractivity contribution in [3.63, 3.8) is 0 Å². The van der Waals surface area contributed by atoms with Crippen molar-refractivity contribution in [2.45, 2.75) is 63.2 Å². The van der Waals surface area contributed by atoms with Crippen LogP contribution in [0.4, 0.5) is 0 Å². The maximum absolute atomic E-state index is 12.3. The number of sulfone groups is 1. The zero-order chi connectivity index (χ0) is 17.6. The molecule has 2 aliphatic rings. The second kappa shape index (κ2) is 10.3. The van der Waals surface area contributed by atoms with Gasteiger partial charge in [0.25, 0.3) is 0 Å². The number of ether oxygens (including phenoxy) is 1. The van der Waals surface area contributed by atoms with E-state index in [1.165, 1.54) is 19.1 Å². The van der Waals surface area contributed by atoms with Gasteiger partial charge in [-0.1, -0.05) is 19.8 Å². The molecular formula is C17H34IN3O3S. The average molecular weight is 487 g/mol. The molecule has 1 saturated heterocycles. The van der Waals surface area contributed by atoms with E-state index in [0.29, 0.717) is 38.6 Å². The van der Waals surface area contributed by atoms with Crippen molar-refractivity contribution < 1.29 is 13.2 Å². The molecule has 1 aliphatic heterocycles. The van der Waals surface area contributed by atoms with Gasteiger partial charge in [0, 0.05) is 32.1 Å². The molecule has 2 fully saturated rings. The van der Waals surface area contributed by atoms with E-state index in [4.69, 9.17) is 4.74 Å². The average Bonchev–Trinajstić information content (AvgIpc) is 2.53. The van der Waals surface area contributed by atoms with Gasteiger partial charge in [0.05, 0.1) is 11.3 Å². The predicted molar refractivity (Wildman–Crippen MR) is 114 cm³/mol. The van der Waals surface area contributed by atoms with Gasteiger partial charge in [0.2, 0.25) is 0 Å². The molecule has 2 rings (SSSR count). The van der Waals surface area contributed by atoms with Crippen LogP contribution in [0.2, 0.25) is 0 Å². The third kappa shape index (κ3) is 6.53. The highest BCUT2D eigenvalue weighted by Gasteiger charge is 2.42. The van der Waals surface area contributed by atoms with Crippen LogP contribution in [0.5, 0.6) is 0 Å². The highest BCUT2D eigenvalue weighted by Crippen LogP contribution is 2.30. The highest BCUT2D eigenvalue weighted by atomic mass is 127.